The van der Waals surface area contributed by atoms with Gasteiger partial charge in [-0.25, -0.2) is 0 Å². The molecule has 4 heteroatoms. The number of nitrogens with one attached hydrogen (secondary N) is 1. The van der Waals surface area contributed by atoms with Crippen LogP contribution in [0, 0.1) is 0 Å². The summed E-state index contributed by atoms with van der Waals surface area (Å²) in [5.41, 5.74) is 2.11. The predicted molar refractivity (Wildman–Crippen MR) is 81.2 cm³/mol. The summed E-state index contributed by atoms with van der Waals surface area (Å²) in [6.07, 6.45) is 0.917. The molecule has 0 aliphatic rings. The standard InChI is InChI=1S/C15H19ClN2O/c1-4-12-6-7-13(19-12)10-17-14-9-11(16)5-8-15(14)18(2)3/h5-9,17H,4,10H2,1-3H3. The molecule has 0 fully saturated rings. The quantitative estimate of drug-likeness (QED) is 0.890. The highest BCUT2D eigenvalue weighted by Crippen LogP contribution is 2.28. The molecule has 0 aliphatic heterocycles. The molecule has 1 aromatic heterocycles. The van der Waals surface area contributed by atoms with Gasteiger partial charge in [0, 0.05) is 25.5 Å². The molecular formula is C15H19ClN2O. The zero-order valence-electron chi connectivity index (χ0n) is 11.5. The van der Waals surface area contributed by atoms with Gasteiger partial charge in [0.1, 0.15) is 11.5 Å². The number of benzene rings is 1. The monoisotopic (exact) mass is 278 g/mol. The maximum absolute atomic E-state index is 6.05. The molecule has 1 heterocycles. The van der Waals surface area contributed by atoms with Crippen molar-refractivity contribution in [3.05, 3.63) is 46.9 Å². The fraction of sp³-hybridized carbons (Fsp3) is 0.333. The largest absolute Gasteiger partial charge is 0.464 e. The van der Waals surface area contributed by atoms with Crippen LogP contribution in [-0.2, 0) is 13.0 Å². The number of anilines is 2. The van der Waals surface area contributed by atoms with Crippen molar-refractivity contribution in [1.82, 2.24) is 0 Å². The molecule has 0 bridgehead atoms. The average Bonchev–Trinajstić information content (AvgIpc) is 2.84. The molecule has 102 valence electrons. The Bertz CT molecular complexity index is 549. The van der Waals surface area contributed by atoms with Gasteiger partial charge in [0.2, 0.25) is 0 Å². The van der Waals surface area contributed by atoms with Crippen molar-refractivity contribution < 1.29 is 4.42 Å². The minimum absolute atomic E-state index is 0.654. The van der Waals surface area contributed by atoms with E-state index in [9.17, 15) is 0 Å². The van der Waals surface area contributed by atoms with Crippen LogP contribution in [0.25, 0.3) is 0 Å². The van der Waals surface area contributed by atoms with E-state index in [0.717, 1.165) is 34.3 Å². The summed E-state index contributed by atoms with van der Waals surface area (Å²) in [5.74, 6) is 1.94. The molecule has 0 amide bonds. The molecule has 0 unspecified atom stereocenters. The van der Waals surface area contributed by atoms with Crippen LogP contribution < -0.4 is 10.2 Å². The Labute approximate surface area is 119 Å². The molecule has 1 N–H and O–H groups in total. The molecule has 0 saturated carbocycles. The van der Waals surface area contributed by atoms with Gasteiger partial charge in [0.05, 0.1) is 17.9 Å². The third-order valence-electron chi connectivity index (χ3n) is 2.96. The van der Waals surface area contributed by atoms with Gasteiger partial charge in [-0.3, -0.25) is 0 Å². The second-order valence-electron chi connectivity index (χ2n) is 4.63. The maximum atomic E-state index is 6.05. The molecular weight excluding hydrogens is 260 g/mol. The first-order chi connectivity index (χ1) is 9.10. The number of rotatable bonds is 5. The molecule has 1 aromatic carbocycles. The van der Waals surface area contributed by atoms with E-state index < -0.39 is 0 Å². The van der Waals surface area contributed by atoms with Gasteiger partial charge in [-0.15, -0.1) is 0 Å². The van der Waals surface area contributed by atoms with Gasteiger partial charge in [-0.05, 0) is 30.3 Å². The van der Waals surface area contributed by atoms with Crippen molar-refractivity contribution in [1.29, 1.82) is 0 Å². The highest BCUT2D eigenvalue weighted by atomic mass is 35.5. The van der Waals surface area contributed by atoms with Gasteiger partial charge in [-0.1, -0.05) is 18.5 Å². The Hall–Kier alpha value is -1.61. The Kier molecular flexibility index (Phi) is 4.38. The SMILES string of the molecule is CCc1ccc(CNc2cc(Cl)ccc2N(C)C)o1. The summed E-state index contributed by atoms with van der Waals surface area (Å²) < 4.78 is 5.68. The van der Waals surface area contributed by atoms with Gasteiger partial charge < -0.3 is 14.6 Å². The lowest BCUT2D eigenvalue weighted by Crippen LogP contribution is -2.12. The summed E-state index contributed by atoms with van der Waals surface area (Å²) in [6, 6.07) is 9.85. The van der Waals surface area contributed by atoms with E-state index in [1.165, 1.54) is 0 Å². The lowest BCUT2D eigenvalue weighted by atomic mass is 10.2. The highest BCUT2D eigenvalue weighted by molar-refractivity contribution is 6.31. The number of furan rings is 1. The van der Waals surface area contributed by atoms with E-state index >= 15 is 0 Å². The number of halogens is 1. The average molecular weight is 279 g/mol. The first-order valence-electron chi connectivity index (χ1n) is 6.38. The fourth-order valence-electron chi connectivity index (χ4n) is 1.93. The summed E-state index contributed by atoms with van der Waals surface area (Å²) in [7, 11) is 4.02. The zero-order valence-corrected chi connectivity index (χ0v) is 12.3. The van der Waals surface area contributed by atoms with Crippen LogP contribution >= 0.6 is 11.6 Å². The Morgan fingerprint density at radius 3 is 2.53 bits per heavy atom. The van der Waals surface area contributed by atoms with Crippen LogP contribution in [0.4, 0.5) is 11.4 Å². The molecule has 0 atom stereocenters. The van der Waals surface area contributed by atoms with E-state index in [2.05, 4.69) is 17.1 Å². The lowest BCUT2D eigenvalue weighted by Gasteiger charge is -2.18. The predicted octanol–water partition coefficient (Wildman–Crippen LogP) is 4.17. The summed E-state index contributed by atoms with van der Waals surface area (Å²) in [5, 5.41) is 4.09. The first kappa shape index (κ1) is 13.8. The summed E-state index contributed by atoms with van der Waals surface area (Å²) in [6.45, 7) is 2.73. The molecule has 0 spiro atoms. The van der Waals surface area contributed by atoms with Crippen LogP contribution in [0.2, 0.25) is 5.02 Å². The third kappa shape index (κ3) is 3.44. The van der Waals surface area contributed by atoms with Crippen LogP contribution in [0.1, 0.15) is 18.4 Å². The molecule has 0 aliphatic carbocycles. The van der Waals surface area contributed by atoms with E-state index in [1.807, 2.05) is 44.4 Å². The smallest absolute Gasteiger partial charge is 0.123 e. The van der Waals surface area contributed by atoms with Crippen molar-refractivity contribution >= 4 is 23.0 Å². The second kappa shape index (κ2) is 6.02. The Morgan fingerprint density at radius 1 is 1.16 bits per heavy atom. The molecule has 2 aromatic rings. The maximum Gasteiger partial charge on any atom is 0.123 e. The molecule has 3 nitrogen and oxygen atoms in total. The van der Waals surface area contributed by atoms with Crippen LogP contribution in [0.15, 0.2) is 34.7 Å². The van der Waals surface area contributed by atoms with E-state index in [-0.39, 0.29) is 0 Å². The minimum atomic E-state index is 0.654. The molecule has 19 heavy (non-hydrogen) atoms. The van der Waals surface area contributed by atoms with Crippen LogP contribution in [-0.4, -0.2) is 14.1 Å². The van der Waals surface area contributed by atoms with E-state index in [4.69, 9.17) is 16.0 Å². The van der Waals surface area contributed by atoms with Gasteiger partial charge in [0.15, 0.2) is 0 Å². The topological polar surface area (TPSA) is 28.4 Å². The molecule has 0 saturated heterocycles. The highest BCUT2D eigenvalue weighted by Gasteiger charge is 2.06. The molecule has 0 radical (unpaired) electrons. The fourth-order valence-corrected chi connectivity index (χ4v) is 2.10. The lowest BCUT2D eigenvalue weighted by molar-refractivity contribution is 0.476. The van der Waals surface area contributed by atoms with Gasteiger partial charge in [0.25, 0.3) is 0 Å². The van der Waals surface area contributed by atoms with Crippen LogP contribution in [0.3, 0.4) is 0 Å². The normalized spacial score (nSPS) is 10.5. The number of aryl methyl sites for hydroxylation is 1. The van der Waals surface area contributed by atoms with Gasteiger partial charge in [-0.2, -0.15) is 0 Å². The number of hydrogen-bond acceptors (Lipinski definition) is 3. The minimum Gasteiger partial charge on any atom is -0.464 e. The third-order valence-corrected chi connectivity index (χ3v) is 3.19. The summed E-state index contributed by atoms with van der Waals surface area (Å²) in [4.78, 5) is 2.05. The van der Waals surface area contributed by atoms with Gasteiger partial charge >= 0.3 is 0 Å². The Morgan fingerprint density at radius 2 is 1.89 bits per heavy atom. The van der Waals surface area contributed by atoms with Crippen molar-refractivity contribution in [2.75, 3.05) is 24.3 Å². The van der Waals surface area contributed by atoms with Crippen molar-refractivity contribution in [3.63, 3.8) is 0 Å². The zero-order chi connectivity index (χ0) is 13.8. The van der Waals surface area contributed by atoms with Crippen molar-refractivity contribution in [2.45, 2.75) is 19.9 Å². The van der Waals surface area contributed by atoms with Crippen LogP contribution in [0.5, 0.6) is 0 Å². The van der Waals surface area contributed by atoms with E-state index in [0.29, 0.717) is 6.54 Å². The number of hydrogen-bond donors (Lipinski definition) is 1. The number of nitrogens with zero attached hydrogens (tertiary/aromatic N) is 1. The van der Waals surface area contributed by atoms with Crippen molar-refractivity contribution in [2.24, 2.45) is 0 Å². The molecule has 2 rings (SSSR count). The summed E-state index contributed by atoms with van der Waals surface area (Å²) >= 11 is 6.05. The Balaban J connectivity index is 2.12. The van der Waals surface area contributed by atoms with Crippen molar-refractivity contribution in [3.8, 4) is 0 Å². The van der Waals surface area contributed by atoms with E-state index in [1.54, 1.807) is 0 Å². The first-order valence-corrected chi connectivity index (χ1v) is 6.76. The second-order valence-corrected chi connectivity index (χ2v) is 5.07.